The number of fused-ring (bicyclic) bond motifs is 1. The average Bonchev–Trinajstić information content (AvgIpc) is 3.07. The second-order valence-electron chi connectivity index (χ2n) is 5.44. The Hall–Kier alpha value is -3.12. The largest absolute Gasteiger partial charge is 0.456 e. The Morgan fingerprint density at radius 2 is 1.72 bits per heavy atom. The van der Waals surface area contributed by atoms with E-state index in [1.165, 1.54) is 3.97 Å². The van der Waals surface area contributed by atoms with Crippen molar-refractivity contribution in [3.05, 3.63) is 85.3 Å². The van der Waals surface area contributed by atoms with Crippen molar-refractivity contribution in [3.63, 3.8) is 0 Å². The van der Waals surface area contributed by atoms with Crippen LogP contribution in [0.4, 0.5) is 0 Å². The fraction of sp³-hybridized carbons (Fsp3) is 0. The third-order valence-electron chi connectivity index (χ3n) is 3.80. The first-order valence-corrected chi connectivity index (χ1v) is 9.08. The van der Waals surface area contributed by atoms with Crippen LogP contribution in [0, 0.1) is 0 Å². The van der Waals surface area contributed by atoms with Crippen molar-refractivity contribution in [1.82, 2.24) is 8.96 Å². The lowest BCUT2D eigenvalue weighted by Gasteiger charge is -2.09. The fourth-order valence-corrected chi connectivity index (χ4v) is 3.97. The number of pyridine rings is 1. The smallest absolute Gasteiger partial charge is 0.268 e. The number of nitrogens with zero attached hydrogens (tertiary/aromatic N) is 2. The number of aromatic nitrogens is 2. The fourth-order valence-electron chi connectivity index (χ4n) is 2.61. The van der Waals surface area contributed by atoms with E-state index in [0.29, 0.717) is 17.0 Å². The van der Waals surface area contributed by atoms with E-state index >= 15 is 0 Å². The van der Waals surface area contributed by atoms with E-state index in [2.05, 4.69) is 4.98 Å². The number of benzene rings is 2. The highest BCUT2D eigenvalue weighted by atomic mass is 32.2. The third-order valence-corrected chi connectivity index (χ3v) is 5.50. The van der Waals surface area contributed by atoms with Crippen LogP contribution in [0.25, 0.3) is 10.9 Å². The lowest BCUT2D eigenvalue weighted by atomic mass is 10.2. The van der Waals surface area contributed by atoms with Gasteiger partial charge in [-0.05, 0) is 42.5 Å². The maximum atomic E-state index is 12.9. The van der Waals surface area contributed by atoms with Crippen molar-refractivity contribution in [2.24, 2.45) is 0 Å². The zero-order valence-electron chi connectivity index (χ0n) is 13.1. The van der Waals surface area contributed by atoms with Crippen LogP contribution in [0.2, 0.25) is 0 Å². The van der Waals surface area contributed by atoms with Gasteiger partial charge in [-0.2, -0.15) is 0 Å². The molecule has 0 fully saturated rings. The van der Waals surface area contributed by atoms with Crippen LogP contribution in [-0.4, -0.2) is 17.4 Å². The third kappa shape index (κ3) is 2.88. The second-order valence-corrected chi connectivity index (χ2v) is 7.26. The summed E-state index contributed by atoms with van der Waals surface area (Å²) in [5, 5.41) is 0.818. The zero-order chi connectivity index (χ0) is 17.3. The van der Waals surface area contributed by atoms with Gasteiger partial charge in [0, 0.05) is 23.8 Å². The minimum Gasteiger partial charge on any atom is -0.456 e. The Labute approximate surface area is 145 Å². The lowest BCUT2D eigenvalue weighted by Crippen LogP contribution is -2.11. The van der Waals surface area contributed by atoms with Gasteiger partial charge in [-0.15, -0.1) is 0 Å². The topological polar surface area (TPSA) is 61.2 Å². The molecule has 0 saturated carbocycles. The highest BCUT2D eigenvalue weighted by Gasteiger charge is 2.18. The first kappa shape index (κ1) is 15.4. The Balaban J connectivity index is 1.79. The van der Waals surface area contributed by atoms with Gasteiger partial charge in [-0.25, -0.2) is 12.4 Å². The maximum Gasteiger partial charge on any atom is 0.268 e. The monoisotopic (exact) mass is 350 g/mol. The molecule has 0 amide bonds. The van der Waals surface area contributed by atoms with Crippen molar-refractivity contribution in [3.8, 4) is 11.5 Å². The van der Waals surface area contributed by atoms with Crippen LogP contribution in [0.5, 0.6) is 11.5 Å². The van der Waals surface area contributed by atoms with Gasteiger partial charge in [-0.3, -0.25) is 4.98 Å². The second kappa shape index (κ2) is 6.07. The molecule has 0 N–H and O–H groups in total. The van der Waals surface area contributed by atoms with Gasteiger partial charge < -0.3 is 4.74 Å². The van der Waals surface area contributed by atoms with Crippen molar-refractivity contribution < 1.29 is 13.2 Å². The van der Waals surface area contributed by atoms with Crippen LogP contribution >= 0.6 is 0 Å². The van der Waals surface area contributed by atoms with Gasteiger partial charge in [0.1, 0.15) is 11.5 Å². The van der Waals surface area contributed by atoms with Gasteiger partial charge >= 0.3 is 0 Å². The summed E-state index contributed by atoms with van der Waals surface area (Å²) in [5.74, 6) is 1.13. The van der Waals surface area contributed by atoms with Crippen LogP contribution in [0.15, 0.2) is 90.2 Å². The number of rotatable bonds is 4. The molecule has 124 valence electrons. The lowest BCUT2D eigenvalue weighted by molar-refractivity contribution is 0.481. The summed E-state index contributed by atoms with van der Waals surface area (Å²) in [6.45, 7) is 0. The van der Waals surface area contributed by atoms with Crippen molar-refractivity contribution >= 4 is 20.9 Å². The minimum absolute atomic E-state index is 0.242. The van der Waals surface area contributed by atoms with E-state index < -0.39 is 10.0 Å². The van der Waals surface area contributed by atoms with Crippen molar-refractivity contribution in [2.45, 2.75) is 4.90 Å². The molecule has 0 saturated heterocycles. The number of hydrogen-bond acceptors (Lipinski definition) is 4. The summed E-state index contributed by atoms with van der Waals surface area (Å²) in [7, 11) is -3.66. The summed E-state index contributed by atoms with van der Waals surface area (Å²) in [6.07, 6.45) is 4.82. The maximum absolute atomic E-state index is 12.9. The molecule has 0 bridgehead atoms. The molecule has 0 spiro atoms. The molecule has 6 heteroatoms. The first-order chi connectivity index (χ1) is 12.1. The first-order valence-electron chi connectivity index (χ1n) is 7.64. The molecule has 0 aliphatic heterocycles. The van der Waals surface area contributed by atoms with Gasteiger partial charge in [0.05, 0.1) is 16.6 Å². The Kier molecular flexibility index (Phi) is 3.74. The predicted octanol–water partition coefficient (Wildman–Crippen LogP) is 4.07. The molecule has 0 atom stereocenters. The molecule has 2 heterocycles. The molecule has 4 rings (SSSR count). The molecule has 25 heavy (non-hydrogen) atoms. The Morgan fingerprint density at radius 1 is 0.880 bits per heavy atom. The van der Waals surface area contributed by atoms with E-state index in [1.54, 1.807) is 79.3 Å². The summed E-state index contributed by atoms with van der Waals surface area (Å²) in [4.78, 5) is 4.25. The van der Waals surface area contributed by atoms with Crippen LogP contribution in [0.3, 0.4) is 0 Å². The minimum atomic E-state index is -3.66. The van der Waals surface area contributed by atoms with E-state index in [4.69, 9.17) is 4.74 Å². The average molecular weight is 350 g/mol. The molecule has 2 aromatic heterocycles. The summed E-state index contributed by atoms with van der Waals surface area (Å²) >= 11 is 0. The van der Waals surface area contributed by atoms with E-state index in [0.717, 1.165) is 5.39 Å². The number of hydrogen-bond donors (Lipinski definition) is 0. The molecule has 5 nitrogen and oxygen atoms in total. The highest BCUT2D eigenvalue weighted by Crippen LogP contribution is 2.28. The van der Waals surface area contributed by atoms with Gasteiger partial charge in [0.2, 0.25) is 0 Å². The molecular formula is C19H14N2O3S. The van der Waals surface area contributed by atoms with Crippen LogP contribution in [-0.2, 0) is 10.0 Å². The van der Waals surface area contributed by atoms with Crippen LogP contribution in [0.1, 0.15) is 0 Å². The summed E-state index contributed by atoms with van der Waals surface area (Å²) < 4.78 is 32.8. The summed E-state index contributed by atoms with van der Waals surface area (Å²) in [6, 6.07) is 19.0. The van der Waals surface area contributed by atoms with E-state index in [-0.39, 0.29) is 4.90 Å². The molecule has 0 radical (unpaired) electrons. The van der Waals surface area contributed by atoms with E-state index in [9.17, 15) is 8.42 Å². The molecule has 0 aliphatic carbocycles. The quantitative estimate of drug-likeness (QED) is 0.557. The molecule has 0 unspecified atom stereocenters. The molecular weight excluding hydrogens is 336 g/mol. The zero-order valence-corrected chi connectivity index (χ0v) is 13.9. The summed E-state index contributed by atoms with van der Waals surface area (Å²) in [5.41, 5.74) is 0.560. The highest BCUT2D eigenvalue weighted by molar-refractivity contribution is 7.90. The van der Waals surface area contributed by atoms with Crippen molar-refractivity contribution in [1.29, 1.82) is 0 Å². The molecule has 2 aromatic carbocycles. The van der Waals surface area contributed by atoms with Crippen LogP contribution < -0.4 is 4.74 Å². The van der Waals surface area contributed by atoms with Gasteiger partial charge in [0.15, 0.2) is 0 Å². The Bertz CT molecular complexity index is 1120. The van der Waals surface area contributed by atoms with Gasteiger partial charge in [0.25, 0.3) is 10.0 Å². The number of ether oxygens (including phenoxy) is 1. The van der Waals surface area contributed by atoms with E-state index in [1.807, 2.05) is 6.07 Å². The normalized spacial score (nSPS) is 11.5. The van der Waals surface area contributed by atoms with Gasteiger partial charge in [-0.1, -0.05) is 18.2 Å². The standard InChI is InChI=1S/C19H14N2O3S/c22-25(23,18-6-2-1-3-7-18)21-12-10-15-8-9-16(13-19(15)21)24-17-5-4-11-20-14-17/h1-14H. The molecule has 4 aromatic rings. The SMILES string of the molecule is O=S(=O)(c1ccccc1)n1ccc2ccc(Oc3cccnc3)cc21. The van der Waals surface area contributed by atoms with Crippen molar-refractivity contribution in [2.75, 3.05) is 0 Å². The Morgan fingerprint density at radius 3 is 2.48 bits per heavy atom. The predicted molar refractivity (Wildman–Crippen MR) is 95.3 cm³/mol. The molecule has 0 aliphatic rings.